The highest BCUT2D eigenvalue weighted by Crippen LogP contribution is 2.34. The smallest absolute Gasteiger partial charge is 0.264 e. The van der Waals surface area contributed by atoms with Gasteiger partial charge in [0.05, 0.1) is 17.7 Å². The normalized spacial score (nSPS) is 11.1. The predicted molar refractivity (Wildman–Crippen MR) is 120 cm³/mol. The molecule has 1 N–H and O–H groups in total. The summed E-state index contributed by atoms with van der Waals surface area (Å²) in [5.41, 5.74) is 1.94. The van der Waals surface area contributed by atoms with Crippen molar-refractivity contribution in [1.82, 2.24) is 10.3 Å². The van der Waals surface area contributed by atoms with Crippen LogP contribution in [0.25, 0.3) is 0 Å². The molecule has 2 aromatic carbocycles. The number of sulfonamides is 1. The number of nitrogens with zero attached hydrogens (tertiary/aromatic N) is 2. The van der Waals surface area contributed by atoms with E-state index in [0.29, 0.717) is 5.02 Å². The summed E-state index contributed by atoms with van der Waals surface area (Å²) in [6.45, 7) is 1.66. The molecule has 0 unspecified atom stereocenters. The number of benzene rings is 2. The average Bonchev–Trinajstić information content (AvgIpc) is 2.77. The van der Waals surface area contributed by atoms with Crippen LogP contribution in [0.3, 0.4) is 0 Å². The molecule has 9 heteroatoms. The number of carbonyl (C=O) groups excluding carboxylic acids is 1. The van der Waals surface area contributed by atoms with Crippen molar-refractivity contribution in [2.24, 2.45) is 0 Å². The summed E-state index contributed by atoms with van der Waals surface area (Å²) in [7, 11) is -2.65. The molecule has 1 amide bonds. The Bertz CT molecular complexity index is 1150. The number of halogens is 1. The minimum atomic E-state index is -4.07. The zero-order valence-electron chi connectivity index (χ0n) is 17.1. The van der Waals surface area contributed by atoms with Gasteiger partial charge in [0.15, 0.2) is 0 Å². The SMILES string of the molecule is COc1ccc(Cl)cc1N(CC(=O)NCc1ccncc1)S(=O)(=O)c1ccc(C)cc1. The lowest BCUT2D eigenvalue weighted by molar-refractivity contribution is -0.119. The van der Waals surface area contributed by atoms with Gasteiger partial charge in [0, 0.05) is 24.0 Å². The van der Waals surface area contributed by atoms with Crippen molar-refractivity contribution >= 4 is 33.2 Å². The van der Waals surface area contributed by atoms with E-state index in [1.165, 1.54) is 25.3 Å². The van der Waals surface area contributed by atoms with Gasteiger partial charge in [-0.3, -0.25) is 14.1 Å². The number of pyridine rings is 1. The second kappa shape index (κ2) is 9.80. The third-order valence-corrected chi connectivity index (χ3v) is 6.55. The molecule has 0 aliphatic heterocycles. The first kappa shape index (κ1) is 22.6. The standard InChI is InChI=1S/C22H22ClN3O4S/c1-16-3-6-19(7-4-16)31(28,29)26(20-13-18(23)5-8-21(20)30-2)15-22(27)25-14-17-9-11-24-12-10-17/h3-13H,14-15H2,1-2H3,(H,25,27). The molecule has 0 atom stereocenters. The van der Waals surface area contributed by atoms with Crippen LogP contribution in [-0.2, 0) is 21.4 Å². The molecule has 0 aliphatic carbocycles. The van der Waals surface area contributed by atoms with E-state index in [9.17, 15) is 13.2 Å². The van der Waals surface area contributed by atoms with Crippen molar-refractivity contribution in [1.29, 1.82) is 0 Å². The molecule has 0 saturated carbocycles. The first-order valence-corrected chi connectivity index (χ1v) is 11.2. The van der Waals surface area contributed by atoms with E-state index in [1.54, 1.807) is 48.8 Å². The molecule has 0 radical (unpaired) electrons. The number of methoxy groups -OCH3 is 1. The van der Waals surface area contributed by atoms with E-state index in [0.717, 1.165) is 15.4 Å². The predicted octanol–water partition coefficient (Wildman–Crippen LogP) is 3.56. The van der Waals surface area contributed by atoms with Crippen LogP contribution >= 0.6 is 11.6 Å². The quantitative estimate of drug-likeness (QED) is 0.556. The second-order valence-corrected chi connectivity index (χ2v) is 9.07. The van der Waals surface area contributed by atoms with Crippen LogP contribution in [0.2, 0.25) is 5.02 Å². The maximum absolute atomic E-state index is 13.5. The number of hydrogen-bond donors (Lipinski definition) is 1. The van der Waals surface area contributed by atoms with Crippen LogP contribution in [0.15, 0.2) is 71.9 Å². The Kier molecular flexibility index (Phi) is 7.14. The largest absolute Gasteiger partial charge is 0.495 e. The number of aryl methyl sites for hydroxylation is 1. The van der Waals surface area contributed by atoms with Gasteiger partial charge >= 0.3 is 0 Å². The number of nitrogens with one attached hydrogen (secondary N) is 1. The van der Waals surface area contributed by atoms with Crippen LogP contribution in [0, 0.1) is 6.92 Å². The zero-order chi connectivity index (χ0) is 22.4. The third kappa shape index (κ3) is 5.53. The number of amides is 1. The van der Waals surface area contributed by atoms with Crippen molar-refractivity contribution in [3.63, 3.8) is 0 Å². The highest BCUT2D eigenvalue weighted by molar-refractivity contribution is 7.92. The van der Waals surface area contributed by atoms with Gasteiger partial charge in [-0.05, 0) is 55.0 Å². The van der Waals surface area contributed by atoms with Gasteiger partial charge in [-0.1, -0.05) is 29.3 Å². The lowest BCUT2D eigenvalue weighted by Crippen LogP contribution is -2.40. The lowest BCUT2D eigenvalue weighted by atomic mass is 10.2. The van der Waals surface area contributed by atoms with E-state index >= 15 is 0 Å². The second-order valence-electron chi connectivity index (χ2n) is 6.77. The number of ether oxygens (including phenoxy) is 1. The van der Waals surface area contributed by atoms with Crippen molar-refractivity contribution in [2.75, 3.05) is 18.0 Å². The summed E-state index contributed by atoms with van der Waals surface area (Å²) in [6, 6.07) is 14.5. The fraction of sp³-hybridized carbons (Fsp3) is 0.182. The first-order valence-electron chi connectivity index (χ1n) is 9.40. The Morgan fingerprint density at radius 1 is 1.10 bits per heavy atom. The van der Waals surface area contributed by atoms with Crippen molar-refractivity contribution < 1.29 is 17.9 Å². The van der Waals surface area contributed by atoms with Gasteiger partial charge in [0.25, 0.3) is 10.0 Å². The summed E-state index contributed by atoms with van der Waals surface area (Å²) in [5.74, 6) is -0.198. The number of hydrogen-bond acceptors (Lipinski definition) is 5. The van der Waals surface area contributed by atoms with Crippen LogP contribution in [-0.4, -0.2) is 33.0 Å². The monoisotopic (exact) mass is 459 g/mol. The maximum atomic E-state index is 13.5. The zero-order valence-corrected chi connectivity index (χ0v) is 18.7. The van der Waals surface area contributed by atoms with Crippen LogP contribution in [0.4, 0.5) is 5.69 Å². The Hall–Kier alpha value is -3.10. The van der Waals surface area contributed by atoms with Gasteiger partial charge in [-0.15, -0.1) is 0 Å². The minimum absolute atomic E-state index is 0.0575. The molecule has 7 nitrogen and oxygen atoms in total. The summed E-state index contributed by atoms with van der Waals surface area (Å²) in [5, 5.41) is 3.05. The molecule has 1 aromatic heterocycles. The van der Waals surface area contributed by atoms with Crippen molar-refractivity contribution in [3.05, 3.63) is 83.1 Å². The van der Waals surface area contributed by atoms with Crippen molar-refractivity contribution in [2.45, 2.75) is 18.4 Å². The topological polar surface area (TPSA) is 88.6 Å². The summed E-state index contributed by atoms with van der Waals surface area (Å²) in [4.78, 5) is 16.7. The minimum Gasteiger partial charge on any atom is -0.495 e. The highest BCUT2D eigenvalue weighted by atomic mass is 35.5. The molecule has 162 valence electrons. The molecule has 0 fully saturated rings. The lowest BCUT2D eigenvalue weighted by Gasteiger charge is -2.26. The van der Waals surface area contributed by atoms with Gasteiger partial charge < -0.3 is 10.1 Å². The van der Waals surface area contributed by atoms with Crippen LogP contribution < -0.4 is 14.4 Å². The van der Waals surface area contributed by atoms with E-state index < -0.39 is 22.5 Å². The summed E-state index contributed by atoms with van der Waals surface area (Å²) < 4.78 is 33.3. The third-order valence-electron chi connectivity index (χ3n) is 4.54. The molecule has 0 aliphatic rings. The summed E-state index contributed by atoms with van der Waals surface area (Å²) >= 11 is 6.13. The number of aromatic nitrogens is 1. The van der Waals surface area contributed by atoms with E-state index in [4.69, 9.17) is 16.3 Å². The molecular weight excluding hydrogens is 438 g/mol. The number of anilines is 1. The van der Waals surface area contributed by atoms with Crippen LogP contribution in [0.5, 0.6) is 5.75 Å². The van der Waals surface area contributed by atoms with Crippen LogP contribution in [0.1, 0.15) is 11.1 Å². The first-order chi connectivity index (χ1) is 14.8. The number of rotatable bonds is 8. The van der Waals surface area contributed by atoms with E-state index in [1.807, 2.05) is 6.92 Å². The molecule has 0 bridgehead atoms. The summed E-state index contributed by atoms with van der Waals surface area (Å²) in [6.07, 6.45) is 3.24. The molecular formula is C22H22ClN3O4S. The fourth-order valence-electron chi connectivity index (χ4n) is 2.88. The Balaban J connectivity index is 1.95. The molecule has 1 heterocycles. The molecule has 3 rings (SSSR count). The van der Waals surface area contributed by atoms with E-state index in [2.05, 4.69) is 10.3 Å². The molecule has 0 spiro atoms. The molecule has 0 saturated heterocycles. The molecule has 3 aromatic rings. The Morgan fingerprint density at radius 3 is 2.42 bits per heavy atom. The van der Waals surface area contributed by atoms with E-state index in [-0.39, 0.29) is 22.9 Å². The Morgan fingerprint density at radius 2 is 1.77 bits per heavy atom. The number of carbonyl (C=O) groups is 1. The molecule has 31 heavy (non-hydrogen) atoms. The highest BCUT2D eigenvalue weighted by Gasteiger charge is 2.29. The van der Waals surface area contributed by atoms with Gasteiger partial charge in [0.2, 0.25) is 5.91 Å². The van der Waals surface area contributed by atoms with Crippen molar-refractivity contribution in [3.8, 4) is 5.75 Å². The van der Waals surface area contributed by atoms with Gasteiger partial charge in [-0.25, -0.2) is 8.42 Å². The fourth-order valence-corrected chi connectivity index (χ4v) is 4.47. The van der Waals surface area contributed by atoms with Gasteiger partial charge in [0.1, 0.15) is 12.3 Å². The average molecular weight is 460 g/mol. The van der Waals surface area contributed by atoms with Gasteiger partial charge in [-0.2, -0.15) is 0 Å². The Labute approximate surface area is 186 Å². The maximum Gasteiger partial charge on any atom is 0.264 e.